The van der Waals surface area contributed by atoms with E-state index in [9.17, 15) is 0 Å². The molecule has 0 bridgehead atoms. The van der Waals surface area contributed by atoms with E-state index in [0.29, 0.717) is 0 Å². The van der Waals surface area contributed by atoms with Crippen LogP contribution in [0.2, 0.25) is 0 Å². The van der Waals surface area contributed by atoms with Crippen molar-refractivity contribution in [3.8, 4) is 0 Å². The summed E-state index contributed by atoms with van der Waals surface area (Å²) in [6, 6.07) is 8.19. The third-order valence-electron chi connectivity index (χ3n) is 2.43. The van der Waals surface area contributed by atoms with Crippen LogP contribution in [-0.4, -0.2) is 34.5 Å². The number of hydrogen-bond acceptors (Lipinski definition) is 3. The number of rotatable bonds is 2. The maximum Gasteiger partial charge on any atom is 0.165 e. The monoisotopic (exact) mass is 228 g/mol. The Kier molecular flexibility index (Phi) is 3.23. The third-order valence-corrected chi connectivity index (χ3v) is 2.43. The Labute approximate surface area is 101 Å². The van der Waals surface area contributed by atoms with E-state index in [1.165, 1.54) is 5.56 Å². The molecule has 2 aromatic rings. The summed E-state index contributed by atoms with van der Waals surface area (Å²) in [5, 5.41) is 6.32. The highest BCUT2D eigenvalue weighted by molar-refractivity contribution is 6.01. The highest BCUT2D eigenvalue weighted by Gasteiger charge is 2.08. The lowest BCUT2D eigenvalue weighted by Gasteiger charge is -2.13. The van der Waals surface area contributed by atoms with Crippen LogP contribution >= 0.6 is 0 Å². The number of imidazole rings is 1. The maximum atomic E-state index is 4.52. The van der Waals surface area contributed by atoms with Gasteiger partial charge in [0.1, 0.15) is 6.33 Å². The molecular weight excluding hydrogens is 212 g/mol. The fourth-order valence-corrected chi connectivity index (χ4v) is 1.64. The van der Waals surface area contributed by atoms with E-state index in [1.54, 1.807) is 17.5 Å². The summed E-state index contributed by atoms with van der Waals surface area (Å²) in [4.78, 5) is 4.07. The zero-order valence-electron chi connectivity index (χ0n) is 10.3. The number of aryl methyl sites for hydroxylation is 1. The molecule has 4 nitrogen and oxygen atoms in total. The van der Waals surface area contributed by atoms with Crippen LogP contribution in [-0.2, 0) is 0 Å². The molecule has 2 rings (SSSR count). The molecule has 0 unspecified atom stereocenters. The number of benzene rings is 1. The van der Waals surface area contributed by atoms with E-state index in [1.807, 2.05) is 37.0 Å². The van der Waals surface area contributed by atoms with E-state index in [-0.39, 0.29) is 0 Å². The molecule has 1 aromatic heterocycles. The zero-order valence-corrected chi connectivity index (χ0v) is 10.3. The average Bonchev–Trinajstić information content (AvgIpc) is 2.80. The van der Waals surface area contributed by atoms with E-state index >= 15 is 0 Å². The topological polar surface area (TPSA) is 33.4 Å². The maximum absolute atomic E-state index is 4.52. The summed E-state index contributed by atoms with van der Waals surface area (Å²) in [5.41, 5.74) is 2.31. The first-order valence-corrected chi connectivity index (χ1v) is 5.49. The van der Waals surface area contributed by atoms with Gasteiger partial charge in [-0.05, 0) is 12.5 Å². The third kappa shape index (κ3) is 2.53. The zero-order chi connectivity index (χ0) is 12.3. The van der Waals surface area contributed by atoms with Crippen LogP contribution < -0.4 is 0 Å². The van der Waals surface area contributed by atoms with Gasteiger partial charge in [-0.15, -0.1) is 0 Å². The molecule has 0 saturated heterocycles. The Morgan fingerprint density at radius 3 is 2.65 bits per heavy atom. The minimum atomic E-state index is 0.880. The molecule has 0 atom stereocenters. The van der Waals surface area contributed by atoms with Gasteiger partial charge < -0.3 is 5.01 Å². The van der Waals surface area contributed by atoms with Crippen molar-refractivity contribution >= 4 is 5.84 Å². The van der Waals surface area contributed by atoms with Crippen LogP contribution in [0.25, 0.3) is 0 Å². The van der Waals surface area contributed by atoms with Gasteiger partial charge in [-0.2, -0.15) is 5.10 Å². The van der Waals surface area contributed by atoms with Crippen LogP contribution in [0.5, 0.6) is 0 Å². The first-order valence-electron chi connectivity index (χ1n) is 5.49. The lowest BCUT2D eigenvalue weighted by molar-refractivity contribution is 0.435. The molecule has 0 N–H and O–H groups in total. The predicted molar refractivity (Wildman–Crippen MR) is 69.0 cm³/mol. The van der Waals surface area contributed by atoms with E-state index in [4.69, 9.17) is 0 Å². The molecule has 1 aromatic carbocycles. The van der Waals surface area contributed by atoms with Crippen molar-refractivity contribution in [1.82, 2.24) is 14.6 Å². The van der Waals surface area contributed by atoms with Gasteiger partial charge in [0.05, 0.1) is 0 Å². The van der Waals surface area contributed by atoms with E-state index in [2.05, 4.69) is 29.1 Å². The summed E-state index contributed by atoms with van der Waals surface area (Å²) in [5.74, 6) is 0.880. The lowest BCUT2D eigenvalue weighted by Crippen LogP contribution is -2.18. The van der Waals surface area contributed by atoms with E-state index in [0.717, 1.165) is 11.4 Å². The molecule has 0 saturated carbocycles. The minimum Gasteiger partial charge on any atom is -0.301 e. The van der Waals surface area contributed by atoms with Gasteiger partial charge in [0.25, 0.3) is 0 Å². The van der Waals surface area contributed by atoms with Gasteiger partial charge in [0.2, 0.25) is 0 Å². The SMILES string of the molecule is Cc1ccccc1/C(=N/N(C)C)n1ccnc1. The normalized spacial score (nSPS) is 11.6. The average molecular weight is 228 g/mol. The molecular formula is C13H16N4. The summed E-state index contributed by atoms with van der Waals surface area (Å²) >= 11 is 0. The first kappa shape index (κ1) is 11.4. The Hall–Kier alpha value is -2.10. The summed E-state index contributed by atoms with van der Waals surface area (Å²) in [7, 11) is 3.82. The fourth-order valence-electron chi connectivity index (χ4n) is 1.64. The van der Waals surface area contributed by atoms with Crippen molar-refractivity contribution in [3.05, 3.63) is 54.1 Å². The molecule has 4 heteroatoms. The number of nitrogens with zero attached hydrogens (tertiary/aromatic N) is 4. The Morgan fingerprint density at radius 1 is 1.29 bits per heavy atom. The van der Waals surface area contributed by atoms with Crippen molar-refractivity contribution in [2.45, 2.75) is 6.92 Å². The fraction of sp³-hybridized carbons (Fsp3) is 0.231. The molecule has 0 aliphatic rings. The smallest absolute Gasteiger partial charge is 0.165 e. The summed E-state index contributed by atoms with van der Waals surface area (Å²) in [6.45, 7) is 2.08. The summed E-state index contributed by atoms with van der Waals surface area (Å²) in [6.07, 6.45) is 5.41. The molecule has 0 aliphatic carbocycles. The van der Waals surface area contributed by atoms with Crippen molar-refractivity contribution in [2.24, 2.45) is 5.10 Å². The van der Waals surface area contributed by atoms with Crippen LogP contribution in [0.15, 0.2) is 48.1 Å². The summed E-state index contributed by atoms with van der Waals surface area (Å²) < 4.78 is 1.92. The molecule has 1 heterocycles. The molecule has 88 valence electrons. The standard InChI is InChI=1S/C13H16N4/c1-11-6-4-5-7-12(11)13(15-16(2)3)17-9-8-14-10-17/h4-10H,1-3H3/b15-13-. The highest BCUT2D eigenvalue weighted by atomic mass is 15.4. The van der Waals surface area contributed by atoms with Gasteiger partial charge in [0.15, 0.2) is 5.84 Å². The second-order valence-electron chi connectivity index (χ2n) is 4.06. The molecule has 0 radical (unpaired) electrons. The Balaban J connectivity index is 2.53. The molecule has 0 fully saturated rings. The number of hydrazone groups is 1. The predicted octanol–water partition coefficient (Wildman–Crippen LogP) is 1.96. The van der Waals surface area contributed by atoms with Crippen LogP contribution in [0, 0.1) is 6.92 Å². The van der Waals surface area contributed by atoms with Crippen molar-refractivity contribution in [2.75, 3.05) is 14.1 Å². The second kappa shape index (κ2) is 4.82. The number of aromatic nitrogens is 2. The van der Waals surface area contributed by atoms with Gasteiger partial charge in [0, 0.05) is 32.1 Å². The Bertz CT molecular complexity index is 512. The van der Waals surface area contributed by atoms with Crippen molar-refractivity contribution in [3.63, 3.8) is 0 Å². The first-order chi connectivity index (χ1) is 8.18. The Morgan fingerprint density at radius 2 is 2.06 bits per heavy atom. The molecule has 17 heavy (non-hydrogen) atoms. The second-order valence-corrected chi connectivity index (χ2v) is 4.06. The van der Waals surface area contributed by atoms with Crippen molar-refractivity contribution in [1.29, 1.82) is 0 Å². The van der Waals surface area contributed by atoms with Crippen LogP contribution in [0.1, 0.15) is 11.1 Å². The quantitative estimate of drug-likeness (QED) is 0.447. The van der Waals surface area contributed by atoms with Gasteiger partial charge in [-0.1, -0.05) is 24.3 Å². The van der Waals surface area contributed by atoms with Crippen LogP contribution in [0.4, 0.5) is 0 Å². The largest absolute Gasteiger partial charge is 0.301 e. The van der Waals surface area contributed by atoms with Gasteiger partial charge >= 0.3 is 0 Å². The molecule has 0 amide bonds. The van der Waals surface area contributed by atoms with Gasteiger partial charge in [-0.25, -0.2) is 4.98 Å². The lowest BCUT2D eigenvalue weighted by atomic mass is 10.1. The van der Waals surface area contributed by atoms with E-state index < -0.39 is 0 Å². The molecule has 0 spiro atoms. The van der Waals surface area contributed by atoms with Crippen LogP contribution in [0.3, 0.4) is 0 Å². The van der Waals surface area contributed by atoms with Crippen molar-refractivity contribution < 1.29 is 0 Å². The number of hydrogen-bond donors (Lipinski definition) is 0. The highest BCUT2D eigenvalue weighted by Crippen LogP contribution is 2.10. The van der Waals surface area contributed by atoms with Gasteiger partial charge in [-0.3, -0.25) is 4.57 Å². The molecule has 0 aliphatic heterocycles. The minimum absolute atomic E-state index is 0.880.